The number of hydrogen-bond acceptors (Lipinski definition) is 2. The highest BCUT2D eigenvalue weighted by molar-refractivity contribution is 5.08. The zero-order valence-corrected chi connectivity index (χ0v) is 9.53. The van der Waals surface area contributed by atoms with Crippen LogP contribution in [-0.2, 0) is 6.54 Å². The van der Waals surface area contributed by atoms with E-state index in [4.69, 9.17) is 0 Å². The molecule has 0 spiro atoms. The van der Waals surface area contributed by atoms with Crippen LogP contribution in [0.15, 0.2) is 24.2 Å². The Bertz CT molecular complexity index is 342. The van der Waals surface area contributed by atoms with E-state index in [9.17, 15) is 0 Å². The summed E-state index contributed by atoms with van der Waals surface area (Å²) in [7, 11) is 0. The van der Waals surface area contributed by atoms with E-state index < -0.39 is 0 Å². The first-order valence-corrected chi connectivity index (χ1v) is 5.64. The Morgan fingerprint density at radius 2 is 2.53 bits per heavy atom. The smallest absolute Gasteiger partial charge is 0.0951 e. The highest BCUT2D eigenvalue weighted by Gasteiger charge is 2.18. The monoisotopic (exact) mass is 205 g/mol. The fourth-order valence-corrected chi connectivity index (χ4v) is 1.99. The predicted octanol–water partition coefficient (Wildman–Crippen LogP) is 2.27. The molecule has 0 saturated carbocycles. The number of hydrogen-bond donors (Lipinski definition) is 1. The lowest BCUT2D eigenvalue weighted by Crippen LogP contribution is -2.16. The van der Waals surface area contributed by atoms with Gasteiger partial charge in [0, 0.05) is 18.8 Å². The van der Waals surface area contributed by atoms with Gasteiger partial charge < -0.3 is 9.88 Å². The Morgan fingerprint density at radius 1 is 1.67 bits per heavy atom. The molecular weight excluding hydrogens is 186 g/mol. The highest BCUT2D eigenvalue weighted by Crippen LogP contribution is 2.22. The van der Waals surface area contributed by atoms with Crippen molar-refractivity contribution in [3.63, 3.8) is 0 Å². The molecule has 15 heavy (non-hydrogen) atoms. The number of rotatable bonds is 3. The van der Waals surface area contributed by atoms with E-state index in [-0.39, 0.29) is 0 Å². The van der Waals surface area contributed by atoms with Gasteiger partial charge in [-0.25, -0.2) is 4.98 Å². The van der Waals surface area contributed by atoms with E-state index in [1.165, 1.54) is 24.1 Å². The Hall–Kier alpha value is -1.09. The van der Waals surface area contributed by atoms with Crippen molar-refractivity contribution in [1.29, 1.82) is 0 Å². The maximum absolute atomic E-state index is 4.24. The van der Waals surface area contributed by atoms with E-state index >= 15 is 0 Å². The van der Waals surface area contributed by atoms with Crippen LogP contribution in [0.1, 0.15) is 38.4 Å². The first kappa shape index (κ1) is 10.4. The van der Waals surface area contributed by atoms with Crippen molar-refractivity contribution in [2.24, 2.45) is 0 Å². The molecule has 1 saturated heterocycles. The van der Waals surface area contributed by atoms with Crippen LogP contribution >= 0.6 is 0 Å². The van der Waals surface area contributed by atoms with Gasteiger partial charge in [-0.15, -0.1) is 0 Å². The molecule has 1 N–H and O–H groups in total. The fraction of sp³-hybridized carbons (Fsp3) is 0.583. The van der Waals surface area contributed by atoms with Crippen molar-refractivity contribution >= 4 is 0 Å². The third-order valence-corrected chi connectivity index (χ3v) is 2.86. The molecule has 0 aliphatic carbocycles. The number of nitrogens with zero attached hydrogens (tertiary/aromatic N) is 2. The summed E-state index contributed by atoms with van der Waals surface area (Å²) in [5.41, 5.74) is 2.68. The van der Waals surface area contributed by atoms with Gasteiger partial charge in [0.15, 0.2) is 0 Å². The Kier molecular flexibility index (Phi) is 3.21. The van der Waals surface area contributed by atoms with Crippen molar-refractivity contribution in [3.8, 4) is 0 Å². The SMILES string of the molecule is CC(C)=CCn1cncc1[C@@H]1CCCN1. The average molecular weight is 205 g/mol. The summed E-state index contributed by atoms with van der Waals surface area (Å²) >= 11 is 0. The van der Waals surface area contributed by atoms with Gasteiger partial charge in [-0.1, -0.05) is 11.6 Å². The molecule has 1 aliphatic rings. The minimum absolute atomic E-state index is 0.512. The minimum Gasteiger partial charge on any atom is -0.329 e. The highest BCUT2D eigenvalue weighted by atomic mass is 15.1. The lowest BCUT2D eigenvalue weighted by molar-refractivity contribution is 0.587. The molecule has 2 heterocycles. The summed E-state index contributed by atoms with van der Waals surface area (Å²) in [4.78, 5) is 4.24. The third kappa shape index (κ3) is 2.48. The van der Waals surface area contributed by atoms with Crippen LogP contribution in [0.3, 0.4) is 0 Å². The van der Waals surface area contributed by atoms with Gasteiger partial charge >= 0.3 is 0 Å². The van der Waals surface area contributed by atoms with Crippen LogP contribution in [0, 0.1) is 0 Å². The second-order valence-electron chi connectivity index (χ2n) is 4.40. The molecular formula is C12H19N3. The molecule has 3 heteroatoms. The van der Waals surface area contributed by atoms with Crippen LogP contribution in [0.5, 0.6) is 0 Å². The van der Waals surface area contributed by atoms with Crippen LogP contribution in [0.2, 0.25) is 0 Å². The first-order valence-electron chi connectivity index (χ1n) is 5.64. The van der Waals surface area contributed by atoms with Gasteiger partial charge in [0.05, 0.1) is 12.0 Å². The van der Waals surface area contributed by atoms with Crippen molar-refractivity contribution in [2.75, 3.05) is 6.54 Å². The normalized spacial score (nSPS) is 20.5. The average Bonchev–Trinajstić information content (AvgIpc) is 2.85. The lowest BCUT2D eigenvalue weighted by atomic mass is 10.2. The van der Waals surface area contributed by atoms with Crippen molar-refractivity contribution in [3.05, 3.63) is 29.9 Å². The van der Waals surface area contributed by atoms with Crippen LogP contribution in [-0.4, -0.2) is 16.1 Å². The molecule has 1 aromatic heterocycles. The van der Waals surface area contributed by atoms with E-state index in [0.717, 1.165) is 13.1 Å². The summed E-state index contributed by atoms with van der Waals surface area (Å²) in [5.74, 6) is 0. The second kappa shape index (κ2) is 4.62. The maximum Gasteiger partial charge on any atom is 0.0951 e. The van der Waals surface area contributed by atoms with E-state index in [1.54, 1.807) is 0 Å². The quantitative estimate of drug-likeness (QED) is 0.767. The molecule has 1 fully saturated rings. The van der Waals surface area contributed by atoms with E-state index in [1.807, 2.05) is 12.5 Å². The number of allylic oxidation sites excluding steroid dienone is 2. The first-order chi connectivity index (χ1) is 7.27. The molecule has 3 nitrogen and oxygen atoms in total. The molecule has 1 atom stereocenters. The topological polar surface area (TPSA) is 29.9 Å². The largest absolute Gasteiger partial charge is 0.329 e. The number of imidazole rings is 1. The fourth-order valence-electron chi connectivity index (χ4n) is 1.99. The van der Waals surface area contributed by atoms with Crippen molar-refractivity contribution < 1.29 is 0 Å². The molecule has 0 aromatic carbocycles. The summed E-state index contributed by atoms with van der Waals surface area (Å²) in [6.07, 6.45) is 8.66. The molecule has 2 rings (SSSR count). The number of aromatic nitrogens is 2. The van der Waals surface area contributed by atoms with E-state index in [0.29, 0.717) is 6.04 Å². The molecule has 0 unspecified atom stereocenters. The van der Waals surface area contributed by atoms with Gasteiger partial charge in [-0.05, 0) is 33.2 Å². The van der Waals surface area contributed by atoms with Gasteiger partial charge in [0.2, 0.25) is 0 Å². The van der Waals surface area contributed by atoms with Crippen LogP contribution < -0.4 is 5.32 Å². The predicted molar refractivity (Wildman–Crippen MR) is 61.6 cm³/mol. The standard InChI is InChI=1S/C12H19N3/c1-10(2)5-7-15-9-13-8-12(15)11-4-3-6-14-11/h5,8-9,11,14H,3-4,6-7H2,1-2H3/t11-/m0/s1. The molecule has 82 valence electrons. The molecule has 0 bridgehead atoms. The maximum atomic E-state index is 4.24. The van der Waals surface area contributed by atoms with Crippen molar-refractivity contribution in [2.45, 2.75) is 39.3 Å². The molecule has 0 radical (unpaired) electrons. The zero-order chi connectivity index (χ0) is 10.7. The van der Waals surface area contributed by atoms with E-state index in [2.05, 4.69) is 34.8 Å². The number of nitrogens with one attached hydrogen (secondary N) is 1. The Balaban J connectivity index is 2.10. The molecule has 1 aromatic rings. The van der Waals surface area contributed by atoms with Gasteiger partial charge in [0.25, 0.3) is 0 Å². The Labute approximate surface area is 91.2 Å². The lowest BCUT2D eigenvalue weighted by Gasteiger charge is -2.12. The van der Waals surface area contributed by atoms with Gasteiger partial charge in [-0.3, -0.25) is 0 Å². The second-order valence-corrected chi connectivity index (χ2v) is 4.40. The summed E-state index contributed by atoms with van der Waals surface area (Å²) in [6, 6.07) is 0.512. The van der Waals surface area contributed by atoms with Gasteiger partial charge in [0.1, 0.15) is 0 Å². The summed E-state index contributed by atoms with van der Waals surface area (Å²) < 4.78 is 2.23. The zero-order valence-electron chi connectivity index (χ0n) is 9.53. The van der Waals surface area contributed by atoms with Crippen molar-refractivity contribution in [1.82, 2.24) is 14.9 Å². The third-order valence-electron chi connectivity index (χ3n) is 2.86. The summed E-state index contributed by atoms with van der Waals surface area (Å²) in [5, 5.41) is 3.51. The minimum atomic E-state index is 0.512. The van der Waals surface area contributed by atoms with Crippen LogP contribution in [0.4, 0.5) is 0 Å². The van der Waals surface area contributed by atoms with Crippen LogP contribution in [0.25, 0.3) is 0 Å². The van der Waals surface area contributed by atoms with Gasteiger partial charge in [-0.2, -0.15) is 0 Å². The summed E-state index contributed by atoms with van der Waals surface area (Å²) in [6.45, 7) is 6.34. The Morgan fingerprint density at radius 3 is 3.20 bits per heavy atom. The molecule has 0 amide bonds. The molecule has 1 aliphatic heterocycles.